The Balaban J connectivity index is 2.25. The van der Waals surface area contributed by atoms with Crippen LogP contribution < -0.4 is 5.32 Å². The predicted molar refractivity (Wildman–Crippen MR) is 76.8 cm³/mol. The first-order valence-corrected chi connectivity index (χ1v) is 6.46. The maximum Gasteiger partial charge on any atom is 0.283 e. The summed E-state index contributed by atoms with van der Waals surface area (Å²) in [6, 6.07) is 4.29. The average molecular weight is 339 g/mol. The van der Waals surface area contributed by atoms with Crippen molar-refractivity contribution in [3.63, 3.8) is 0 Å². The Morgan fingerprint density at radius 3 is 2.65 bits per heavy atom. The molecule has 0 aliphatic heterocycles. The van der Waals surface area contributed by atoms with E-state index in [1.165, 1.54) is 18.2 Å². The van der Waals surface area contributed by atoms with Crippen LogP contribution in [-0.4, -0.2) is 21.0 Å². The number of H-pyrrole nitrogens is 1. The van der Waals surface area contributed by atoms with Gasteiger partial charge in [0.15, 0.2) is 0 Å². The van der Waals surface area contributed by atoms with E-state index in [2.05, 4.69) is 31.4 Å². The van der Waals surface area contributed by atoms with Gasteiger partial charge >= 0.3 is 0 Å². The van der Waals surface area contributed by atoms with Crippen LogP contribution in [0.15, 0.2) is 22.7 Å². The van der Waals surface area contributed by atoms with Gasteiger partial charge in [-0.15, -0.1) is 0 Å². The highest BCUT2D eigenvalue weighted by Crippen LogP contribution is 2.28. The third-order valence-corrected chi connectivity index (χ3v) is 3.39. The lowest BCUT2D eigenvalue weighted by Gasteiger charge is -2.06. The number of amides is 1. The maximum atomic E-state index is 12.1. The third-order valence-electron chi connectivity index (χ3n) is 2.76. The summed E-state index contributed by atoms with van der Waals surface area (Å²) in [4.78, 5) is 22.3. The number of hydrogen-bond acceptors (Lipinski definition) is 4. The molecule has 7 nitrogen and oxygen atoms in total. The number of benzene rings is 1. The van der Waals surface area contributed by atoms with E-state index in [-0.39, 0.29) is 11.6 Å². The lowest BCUT2D eigenvalue weighted by molar-refractivity contribution is -0.385. The van der Waals surface area contributed by atoms with Gasteiger partial charge in [-0.05, 0) is 41.9 Å². The zero-order valence-electron chi connectivity index (χ0n) is 10.7. The topological polar surface area (TPSA) is 101 Å². The first-order chi connectivity index (χ1) is 9.40. The first-order valence-electron chi connectivity index (χ1n) is 5.67. The van der Waals surface area contributed by atoms with Crippen LogP contribution in [0.2, 0.25) is 0 Å². The minimum atomic E-state index is -0.500. The molecule has 1 aromatic heterocycles. The van der Waals surface area contributed by atoms with E-state index in [0.717, 1.165) is 0 Å². The molecule has 2 aromatic rings. The molecular formula is C12H11BrN4O3. The Kier molecular flexibility index (Phi) is 3.84. The maximum absolute atomic E-state index is 12.1. The number of aryl methyl sites for hydroxylation is 2. The number of aromatic nitrogens is 2. The Bertz CT molecular complexity index is 677. The Morgan fingerprint density at radius 2 is 2.15 bits per heavy atom. The number of halogens is 1. The highest BCUT2D eigenvalue weighted by atomic mass is 79.9. The first kappa shape index (κ1) is 14.2. The van der Waals surface area contributed by atoms with Crippen molar-refractivity contribution in [2.45, 2.75) is 13.8 Å². The lowest BCUT2D eigenvalue weighted by atomic mass is 10.2. The van der Waals surface area contributed by atoms with E-state index in [4.69, 9.17) is 0 Å². The Morgan fingerprint density at radius 1 is 1.45 bits per heavy atom. The summed E-state index contributed by atoms with van der Waals surface area (Å²) >= 11 is 3.10. The standard InChI is InChI=1S/C12H11BrN4O3/c1-6-11(7(2)16-15-6)12(18)14-8-3-4-10(17(19)20)9(13)5-8/h3-5H,1-2H3,(H,14,18)(H,15,16). The Labute approximate surface area is 122 Å². The summed E-state index contributed by atoms with van der Waals surface area (Å²) in [6.45, 7) is 3.48. The fraction of sp³-hybridized carbons (Fsp3) is 0.167. The molecule has 0 radical (unpaired) electrons. The van der Waals surface area contributed by atoms with Crippen LogP contribution in [0.5, 0.6) is 0 Å². The van der Waals surface area contributed by atoms with Crippen molar-refractivity contribution < 1.29 is 9.72 Å². The number of nitrogens with zero attached hydrogens (tertiary/aromatic N) is 2. The van der Waals surface area contributed by atoms with Crippen molar-refractivity contribution in [1.82, 2.24) is 10.2 Å². The molecule has 0 aliphatic carbocycles. The zero-order valence-corrected chi connectivity index (χ0v) is 12.3. The van der Waals surface area contributed by atoms with Crippen molar-refractivity contribution in [1.29, 1.82) is 0 Å². The van der Waals surface area contributed by atoms with Crippen LogP contribution in [0.25, 0.3) is 0 Å². The molecule has 2 N–H and O–H groups in total. The van der Waals surface area contributed by atoms with Crippen LogP contribution in [-0.2, 0) is 0 Å². The largest absolute Gasteiger partial charge is 0.322 e. The molecule has 20 heavy (non-hydrogen) atoms. The summed E-state index contributed by atoms with van der Waals surface area (Å²) in [6.07, 6.45) is 0. The van der Waals surface area contributed by atoms with Crippen molar-refractivity contribution in [2.75, 3.05) is 5.32 Å². The predicted octanol–water partition coefficient (Wildman–Crippen LogP) is 2.95. The highest BCUT2D eigenvalue weighted by molar-refractivity contribution is 9.10. The van der Waals surface area contributed by atoms with E-state index >= 15 is 0 Å². The van der Waals surface area contributed by atoms with E-state index in [9.17, 15) is 14.9 Å². The molecule has 1 amide bonds. The molecule has 0 aliphatic rings. The highest BCUT2D eigenvalue weighted by Gasteiger charge is 2.17. The second-order valence-corrected chi connectivity index (χ2v) is 5.04. The van der Waals surface area contributed by atoms with Gasteiger partial charge in [0.2, 0.25) is 0 Å². The monoisotopic (exact) mass is 338 g/mol. The summed E-state index contributed by atoms with van der Waals surface area (Å²) < 4.78 is 0.306. The second kappa shape index (κ2) is 5.41. The molecule has 8 heteroatoms. The molecule has 0 atom stereocenters. The van der Waals surface area contributed by atoms with Crippen LogP contribution in [0, 0.1) is 24.0 Å². The van der Waals surface area contributed by atoms with Gasteiger partial charge in [-0.2, -0.15) is 5.10 Å². The SMILES string of the molecule is Cc1n[nH]c(C)c1C(=O)Nc1ccc([N+](=O)[O-])c(Br)c1. The minimum Gasteiger partial charge on any atom is -0.322 e. The van der Waals surface area contributed by atoms with E-state index in [0.29, 0.717) is 27.1 Å². The number of nitrogens with one attached hydrogen (secondary N) is 2. The summed E-state index contributed by atoms with van der Waals surface area (Å²) in [5.41, 5.74) is 2.15. The quantitative estimate of drug-likeness (QED) is 0.663. The number of carbonyl (C=O) groups is 1. The molecule has 104 valence electrons. The normalized spacial score (nSPS) is 10.3. The number of rotatable bonds is 3. The van der Waals surface area contributed by atoms with Crippen LogP contribution in [0.1, 0.15) is 21.7 Å². The molecule has 2 rings (SSSR count). The molecule has 0 spiro atoms. The molecule has 0 unspecified atom stereocenters. The molecule has 0 bridgehead atoms. The van der Waals surface area contributed by atoms with Crippen LogP contribution >= 0.6 is 15.9 Å². The number of carbonyl (C=O) groups excluding carboxylic acids is 1. The number of nitro groups is 1. The molecule has 0 saturated carbocycles. The van der Waals surface area contributed by atoms with Crippen molar-refractivity contribution in [3.05, 3.63) is 49.7 Å². The van der Waals surface area contributed by atoms with Gasteiger partial charge in [0.1, 0.15) is 0 Å². The summed E-state index contributed by atoms with van der Waals surface area (Å²) in [5, 5.41) is 20.1. The van der Waals surface area contributed by atoms with Gasteiger partial charge in [-0.1, -0.05) is 0 Å². The number of anilines is 1. The number of hydrogen-bond donors (Lipinski definition) is 2. The molecular weight excluding hydrogens is 328 g/mol. The van der Waals surface area contributed by atoms with Gasteiger partial charge in [0.25, 0.3) is 11.6 Å². The second-order valence-electron chi connectivity index (χ2n) is 4.19. The molecule has 1 aromatic carbocycles. The molecule has 1 heterocycles. The van der Waals surface area contributed by atoms with E-state index in [1.807, 2.05) is 0 Å². The van der Waals surface area contributed by atoms with Crippen molar-refractivity contribution in [3.8, 4) is 0 Å². The van der Waals surface area contributed by atoms with E-state index in [1.54, 1.807) is 13.8 Å². The van der Waals surface area contributed by atoms with Crippen LogP contribution in [0.4, 0.5) is 11.4 Å². The van der Waals surface area contributed by atoms with Gasteiger partial charge in [-0.3, -0.25) is 20.0 Å². The lowest BCUT2D eigenvalue weighted by Crippen LogP contribution is -2.13. The van der Waals surface area contributed by atoms with Gasteiger partial charge < -0.3 is 5.32 Å². The van der Waals surface area contributed by atoms with Gasteiger partial charge in [0, 0.05) is 17.4 Å². The summed E-state index contributed by atoms with van der Waals surface area (Å²) in [5.74, 6) is -0.311. The molecule has 0 fully saturated rings. The van der Waals surface area contributed by atoms with Crippen molar-refractivity contribution >= 4 is 33.2 Å². The fourth-order valence-corrected chi connectivity index (χ4v) is 2.34. The number of aromatic amines is 1. The Hall–Kier alpha value is -2.22. The van der Waals surface area contributed by atoms with Gasteiger partial charge in [0.05, 0.1) is 20.7 Å². The molecule has 0 saturated heterocycles. The zero-order chi connectivity index (χ0) is 14.9. The number of nitro benzene ring substituents is 1. The fourth-order valence-electron chi connectivity index (χ4n) is 1.81. The van der Waals surface area contributed by atoms with Crippen LogP contribution in [0.3, 0.4) is 0 Å². The van der Waals surface area contributed by atoms with E-state index < -0.39 is 4.92 Å². The smallest absolute Gasteiger partial charge is 0.283 e. The third kappa shape index (κ3) is 2.69. The minimum absolute atomic E-state index is 0.0568. The van der Waals surface area contributed by atoms with Gasteiger partial charge in [-0.25, -0.2) is 0 Å². The average Bonchev–Trinajstić information content (AvgIpc) is 2.68. The van der Waals surface area contributed by atoms with Crippen molar-refractivity contribution in [2.24, 2.45) is 0 Å². The summed E-state index contributed by atoms with van der Waals surface area (Å²) in [7, 11) is 0.